The van der Waals surface area contributed by atoms with Crippen molar-refractivity contribution in [3.8, 4) is 0 Å². The first-order valence-corrected chi connectivity index (χ1v) is 5.13. The van der Waals surface area contributed by atoms with E-state index in [0.717, 1.165) is 6.92 Å². The fraction of sp³-hybridized carbons (Fsp3) is 0.143. The molecule has 2 N–H and O–H groups in total. The first-order chi connectivity index (χ1) is 6.42. The lowest BCUT2D eigenvalue weighted by molar-refractivity contribution is -0.117. The van der Waals surface area contributed by atoms with Crippen LogP contribution in [0.1, 0.15) is 6.92 Å². The van der Waals surface area contributed by atoms with Crippen LogP contribution in [0.2, 0.25) is 0 Å². The van der Waals surface area contributed by atoms with E-state index in [9.17, 15) is 18.0 Å². The fourth-order valence-electron chi connectivity index (χ4n) is 0.829. The van der Waals surface area contributed by atoms with Crippen molar-refractivity contribution >= 4 is 15.9 Å². The maximum Gasteiger partial charge on any atom is 0.279 e. The molecule has 6 nitrogen and oxygen atoms in total. The molecule has 0 fully saturated rings. The molecule has 0 aromatic carbocycles. The Labute approximate surface area is 80.0 Å². The summed E-state index contributed by atoms with van der Waals surface area (Å²) in [6.07, 6.45) is 0. The quantitative estimate of drug-likeness (QED) is 0.676. The number of carbonyl (C=O) groups excluding carboxylic acids is 1. The molecule has 76 valence electrons. The van der Waals surface area contributed by atoms with E-state index in [1.54, 1.807) is 4.72 Å². The Morgan fingerprint density at radius 3 is 2.57 bits per heavy atom. The highest BCUT2D eigenvalue weighted by Gasteiger charge is 2.15. The van der Waals surface area contributed by atoms with Crippen LogP contribution in [0.15, 0.2) is 28.0 Å². The van der Waals surface area contributed by atoms with Crippen molar-refractivity contribution < 1.29 is 13.2 Å². The molecule has 0 aliphatic carbocycles. The van der Waals surface area contributed by atoms with Crippen LogP contribution in [-0.4, -0.2) is 19.3 Å². The van der Waals surface area contributed by atoms with E-state index >= 15 is 0 Å². The molecular weight excluding hydrogens is 208 g/mol. The maximum absolute atomic E-state index is 11.3. The van der Waals surface area contributed by atoms with Crippen LogP contribution in [0.4, 0.5) is 0 Å². The Hall–Kier alpha value is -1.63. The minimum atomic E-state index is -3.94. The van der Waals surface area contributed by atoms with Crippen LogP contribution in [0.5, 0.6) is 0 Å². The smallest absolute Gasteiger partial charge is 0.279 e. The lowest BCUT2D eigenvalue weighted by Gasteiger charge is -2.02. The summed E-state index contributed by atoms with van der Waals surface area (Å²) < 4.78 is 24.3. The number of nitrogens with one attached hydrogen (secondary N) is 2. The number of H-pyrrole nitrogens is 1. The molecule has 0 aliphatic heterocycles. The number of aromatic amines is 1. The number of aromatic nitrogens is 1. The van der Waals surface area contributed by atoms with Gasteiger partial charge in [-0.25, -0.2) is 4.72 Å². The molecule has 0 saturated carbocycles. The molecule has 1 amide bonds. The van der Waals surface area contributed by atoms with E-state index in [0.29, 0.717) is 0 Å². The van der Waals surface area contributed by atoms with E-state index in [2.05, 4.69) is 4.98 Å². The van der Waals surface area contributed by atoms with Crippen molar-refractivity contribution in [2.24, 2.45) is 0 Å². The van der Waals surface area contributed by atoms with Gasteiger partial charge < -0.3 is 4.98 Å². The third-order valence-electron chi connectivity index (χ3n) is 1.31. The average Bonchev–Trinajstić information content (AvgIpc) is 2.01. The highest BCUT2D eigenvalue weighted by molar-refractivity contribution is 7.90. The number of sulfonamides is 1. The first kappa shape index (κ1) is 10.5. The van der Waals surface area contributed by atoms with Gasteiger partial charge in [-0.1, -0.05) is 6.07 Å². The number of carbonyl (C=O) groups is 1. The standard InChI is InChI=1S/C7H8N2O4S/c1-5(10)9-14(12,13)7-4-2-3-6(11)8-7/h2-4H,1H3,(H,8,11)(H,9,10). The molecule has 0 atom stereocenters. The monoisotopic (exact) mass is 216 g/mol. The summed E-state index contributed by atoms with van der Waals surface area (Å²) in [5.41, 5.74) is -0.545. The number of rotatable bonds is 2. The molecule has 14 heavy (non-hydrogen) atoms. The number of amides is 1. The molecule has 0 aliphatic rings. The Balaban J connectivity index is 3.17. The molecule has 0 bridgehead atoms. The van der Waals surface area contributed by atoms with Crippen molar-refractivity contribution in [1.82, 2.24) is 9.71 Å². The van der Waals surface area contributed by atoms with E-state index in [1.165, 1.54) is 18.2 Å². The highest BCUT2D eigenvalue weighted by atomic mass is 32.2. The predicted octanol–water partition coefficient (Wildman–Crippen LogP) is -0.800. The minimum Gasteiger partial charge on any atom is -0.311 e. The average molecular weight is 216 g/mol. The van der Waals surface area contributed by atoms with Gasteiger partial charge in [0.1, 0.15) is 0 Å². The Kier molecular flexibility index (Phi) is 2.70. The van der Waals surface area contributed by atoms with E-state index in [-0.39, 0.29) is 5.03 Å². The van der Waals surface area contributed by atoms with Crippen LogP contribution in [-0.2, 0) is 14.8 Å². The van der Waals surface area contributed by atoms with Gasteiger partial charge in [0.05, 0.1) is 0 Å². The van der Waals surface area contributed by atoms with Gasteiger partial charge in [-0.05, 0) is 6.07 Å². The lowest BCUT2D eigenvalue weighted by atomic mass is 10.5. The number of hydrogen-bond acceptors (Lipinski definition) is 4. The second kappa shape index (κ2) is 3.62. The summed E-state index contributed by atoms with van der Waals surface area (Å²) in [5, 5.41) is -0.333. The zero-order valence-corrected chi connectivity index (χ0v) is 8.09. The summed E-state index contributed by atoms with van der Waals surface area (Å²) in [5.74, 6) is -0.713. The molecule has 7 heteroatoms. The van der Waals surface area contributed by atoms with E-state index in [1.807, 2.05) is 0 Å². The number of hydrogen-bond donors (Lipinski definition) is 2. The van der Waals surface area contributed by atoms with Gasteiger partial charge in [-0.2, -0.15) is 8.42 Å². The SMILES string of the molecule is CC(=O)NS(=O)(=O)c1cccc(=O)[nH]1. The van der Waals surface area contributed by atoms with Crippen molar-refractivity contribution in [3.63, 3.8) is 0 Å². The molecular formula is C7H8N2O4S. The van der Waals surface area contributed by atoms with Gasteiger partial charge >= 0.3 is 0 Å². The van der Waals surface area contributed by atoms with Gasteiger partial charge in [0.25, 0.3) is 10.0 Å². The van der Waals surface area contributed by atoms with Crippen LogP contribution >= 0.6 is 0 Å². The van der Waals surface area contributed by atoms with Gasteiger partial charge in [-0.3, -0.25) is 9.59 Å². The normalized spacial score (nSPS) is 10.9. The van der Waals surface area contributed by atoms with Crippen LogP contribution < -0.4 is 10.3 Å². The van der Waals surface area contributed by atoms with Crippen LogP contribution in [0, 0.1) is 0 Å². The molecule has 0 radical (unpaired) electrons. The Morgan fingerprint density at radius 2 is 2.07 bits per heavy atom. The predicted molar refractivity (Wildman–Crippen MR) is 48.1 cm³/mol. The van der Waals surface area contributed by atoms with Gasteiger partial charge in [0.15, 0.2) is 5.03 Å². The maximum atomic E-state index is 11.3. The Bertz CT molecular complexity index is 502. The molecule has 1 aromatic heterocycles. The number of pyridine rings is 1. The zero-order chi connectivity index (χ0) is 10.8. The van der Waals surface area contributed by atoms with E-state index in [4.69, 9.17) is 0 Å². The second-order valence-electron chi connectivity index (χ2n) is 2.54. The van der Waals surface area contributed by atoms with Gasteiger partial charge in [0, 0.05) is 13.0 Å². The summed E-state index contributed by atoms with van der Waals surface area (Å²) in [6.45, 7) is 1.07. The summed E-state index contributed by atoms with van der Waals surface area (Å²) in [7, 11) is -3.94. The second-order valence-corrected chi connectivity index (χ2v) is 4.19. The van der Waals surface area contributed by atoms with Crippen molar-refractivity contribution in [2.75, 3.05) is 0 Å². The largest absolute Gasteiger partial charge is 0.311 e. The van der Waals surface area contributed by atoms with Crippen LogP contribution in [0.25, 0.3) is 0 Å². The third kappa shape index (κ3) is 2.43. The van der Waals surface area contributed by atoms with Gasteiger partial charge in [0.2, 0.25) is 11.5 Å². The summed E-state index contributed by atoms with van der Waals surface area (Å²) >= 11 is 0. The molecule has 0 unspecified atom stereocenters. The molecule has 0 spiro atoms. The fourth-order valence-corrected chi connectivity index (χ4v) is 1.81. The highest BCUT2D eigenvalue weighted by Crippen LogP contribution is 2.00. The molecule has 0 saturated heterocycles. The Morgan fingerprint density at radius 1 is 1.43 bits per heavy atom. The molecule has 1 heterocycles. The first-order valence-electron chi connectivity index (χ1n) is 3.64. The van der Waals surface area contributed by atoms with Crippen LogP contribution in [0.3, 0.4) is 0 Å². The minimum absolute atomic E-state index is 0.333. The van der Waals surface area contributed by atoms with Gasteiger partial charge in [-0.15, -0.1) is 0 Å². The molecule has 1 rings (SSSR count). The van der Waals surface area contributed by atoms with E-state index < -0.39 is 21.5 Å². The summed E-state index contributed by atoms with van der Waals surface area (Å²) in [6, 6.07) is 3.65. The zero-order valence-electron chi connectivity index (χ0n) is 7.27. The third-order valence-corrected chi connectivity index (χ3v) is 2.68. The summed E-state index contributed by atoms with van der Waals surface area (Å²) in [4.78, 5) is 23.4. The molecule has 1 aromatic rings. The van der Waals surface area contributed by atoms with Crippen molar-refractivity contribution in [1.29, 1.82) is 0 Å². The lowest BCUT2D eigenvalue weighted by Crippen LogP contribution is -2.29. The topological polar surface area (TPSA) is 96.1 Å². The van der Waals surface area contributed by atoms with Crippen molar-refractivity contribution in [3.05, 3.63) is 28.6 Å². The van der Waals surface area contributed by atoms with Crippen molar-refractivity contribution in [2.45, 2.75) is 11.9 Å².